The van der Waals surface area contributed by atoms with Crippen LogP contribution in [0.5, 0.6) is 0 Å². The smallest absolute Gasteiger partial charge is 0.243 e. The van der Waals surface area contributed by atoms with Crippen molar-refractivity contribution in [1.29, 1.82) is 5.26 Å². The Morgan fingerprint density at radius 3 is 2.61 bits per heavy atom. The summed E-state index contributed by atoms with van der Waals surface area (Å²) in [5.41, 5.74) is 0.457. The lowest BCUT2D eigenvalue weighted by Gasteiger charge is -2.25. The van der Waals surface area contributed by atoms with Gasteiger partial charge in [-0.2, -0.15) is 5.26 Å². The Morgan fingerprint density at radius 1 is 1.33 bits per heavy atom. The van der Waals surface area contributed by atoms with Crippen molar-refractivity contribution in [2.75, 3.05) is 13.1 Å². The molecule has 1 aliphatic heterocycles. The number of benzene rings is 1. The van der Waals surface area contributed by atoms with Crippen molar-refractivity contribution < 1.29 is 14.0 Å². The lowest BCUT2D eigenvalue weighted by Crippen LogP contribution is -2.51. The number of imide groups is 1. The quantitative estimate of drug-likeness (QED) is 0.755. The molecule has 1 aromatic rings. The van der Waals surface area contributed by atoms with Crippen molar-refractivity contribution in [2.24, 2.45) is 0 Å². The summed E-state index contributed by atoms with van der Waals surface area (Å²) in [4.78, 5) is 24.2. The average Bonchev–Trinajstić information content (AvgIpc) is 2.36. The minimum absolute atomic E-state index is 0.0638. The molecule has 0 bridgehead atoms. The van der Waals surface area contributed by atoms with Crippen LogP contribution >= 0.6 is 0 Å². The maximum Gasteiger partial charge on any atom is 0.243 e. The second-order valence-electron chi connectivity index (χ2n) is 3.90. The highest BCUT2D eigenvalue weighted by molar-refractivity contribution is 5.99. The van der Waals surface area contributed by atoms with Crippen molar-refractivity contribution in [1.82, 2.24) is 10.2 Å². The molecule has 18 heavy (non-hydrogen) atoms. The van der Waals surface area contributed by atoms with Crippen LogP contribution in [0.25, 0.3) is 0 Å². The van der Waals surface area contributed by atoms with Gasteiger partial charge in [-0.1, -0.05) is 6.07 Å². The molecular formula is C12H10FN3O2. The van der Waals surface area contributed by atoms with Crippen LogP contribution in [0.4, 0.5) is 4.39 Å². The van der Waals surface area contributed by atoms with Crippen LogP contribution in [-0.2, 0) is 16.1 Å². The first kappa shape index (κ1) is 12.2. The van der Waals surface area contributed by atoms with Crippen molar-refractivity contribution in [3.05, 3.63) is 35.1 Å². The SMILES string of the molecule is N#Cc1cc(CN2C(=O)CNCC2=O)ccc1F. The summed E-state index contributed by atoms with van der Waals surface area (Å²) in [5.74, 6) is -1.26. The monoisotopic (exact) mass is 247 g/mol. The number of nitrogens with zero attached hydrogens (tertiary/aromatic N) is 2. The Balaban J connectivity index is 2.21. The second kappa shape index (κ2) is 4.94. The zero-order valence-electron chi connectivity index (χ0n) is 9.44. The Kier molecular flexibility index (Phi) is 3.35. The van der Waals surface area contributed by atoms with E-state index in [9.17, 15) is 14.0 Å². The maximum atomic E-state index is 13.1. The normalized spacial score (nSPS) is 15.7. The zero-order chi connectivity index (χ0) is 13.1. The molecule has 0 atom stereocenters. The largest absolute Gasteiger partial charge is 0.300 e. The summed E-state index contributed by atoms with van der Waals surface area (Å²) in [5, 5.41) is 11.4. The number of nitriles is 1. The molecule has 1 fully saturated rings. The number of hydrogen-bond donors (Lipinski definition) is 1. The van der Waals surface area contributed by atoms with Crippen LogP contribution in [0.2, 0.25) is 0 Å². The molecule has 0 unspecified atom stereocenters. The molecule has 0 aromatic heterocycles. The number of carbonyl (C=O) groups excluding carboxylic acids is 2. The molecule has 0 spiro atoms. The third kappa shape index (κ3) is 2.36. The van der Waals surface area contributed by atoms with Gasteiger partial charge in [0.05, 0.1) is 25.2 Å². The minimum atomic E-state index is -0.612. The van der Waals surface area contributed by atoms with E-state index in [4.69, 9.17) is 5.26 Å². The fourth-order valence-corrected chi connectivity index (χ4v) is 1.72. The maximum absolute atomic E-state index is 13.1. The molecule has 1 heterocycles. The van der Waals surface area contributed by atoms with Crippen LogP contribution in [0, 0.1) is 17.1 Å². The first-order valence-electron chi connectivity index (χ1n) is 5.34. The van der Waals surface area contributed by atoms with Gasteiger partial charge in [-0.15, -0.1) is 0 Å². The van der Waals surface area contributed by atoms with Gasteiger partial charge in [0, 0.05) is 0 Å². The highest BCUT2D eigenvalue weighted by atomic mass is 19.1. The Morgan fingerprint density at radius 2 is 2.00 bits per heavy atom. The minimum Gasteiger partial charge on any atom is -0.300 e. The standard InChI is InChI=1S/C12H10FN3O2/c13-10-2-1-8(3-9(10)4-14)7-16-11(17)5-15-6-12(16)18/h1-3,15H,5-7H2. The van der Waals surface area contributed by atoms with E-state index in [1.165, 1.54) is 12.1 Å². The van der Waals surface area contributed by atoms with E-state index in [0.29, 0.717) is 5.56 Å². The third-order valence-electron chi connectivity index (χ3n) is 2.65. The number of amides is 2. The Hall–Kier alpha value is -2.26. The van der Waals surface area contributed by atoms with E-state index in [1.807, 2.05) is 0 Å². The summed E-state index contributed by atoms with van der Waals surface area (Å²) in [7, 11) is 0. The van der Waals surface area contributed by atoms with E-state index in [2.05, 4.69) is 5.32 Å². The van der Waals surface area contributed by atoms with E-state index in [1.54, 1.807) is 6.07 Å². The van der Waals surface area contributed by atoms with Crippen molar-refractivity contribution in [3.63, 3.8) is 0 Å². The molecule has 1 aromatic carbocycles. The molecule has 2 rings (SSSR count). The molecule has 0 saturated carbocycles. The number of carbonyl (C=O) groups is 2. The van der Waals surface area contributed by atoms with Gasteiger partial charge in [-0.3, -0.25) is 19.8 Å². The van der Waals surface area contributed by atoms with Crippen LogP contribution in [0.1, 0.15) is 11.1 Å². The first-order valence-corrected chi connectivity index (χ1v) is 5.34. The van der Waals surface area contributed by atoms with Gasteiger partial charge in [-0.25, -0.2) is 4.39 Å². The highest BCUT2D eigenvalue weighted by Gasteiger charge is 2.25. The number of hydrogen-bond acceptors (Lipinski definition) is 4. The van der Waals surface area contributed by atoms with Crippen molar-refractivity contribution >= 4 is 11.8 Å². The molecule has 2 amide bonds. The predicted octanol–water partition coefficient (Wildman–Crippen LogP) is 0.156. The summed E-state index contributed by atoms with van der Waals surface area (Å²) in [6.07, 6.45) is 0. The van der Waals surface area contributed by atoms with E-state index in [0.717, 1.165) is 11.0 Å². The average molecular weight is 247 g/mol. The highest BCUT2D eigenvalue weighted by Crippen LogP contribution is 2.12. The van der Waals surface area contributed by atoms with E-state index >= 15 is 0 Å². The molecule has 1 saturated heterocycles. The molecule has 1 N–H and O–H groups in total. The summed E-state index contributed by atoms with van der Waals surface area (Å²) >= 11 is 0. The number of halogens is 1. The summed E-state index contributed by atoms with van der Waals surface area (Å²) < 4.78 is 13.1. The molecule has 6 heteroatoms. The van der Waals surface area contributed by atoms with Crippen LogP contribution in [0.15, 0.2) is 18.2 Å². The lowest BCUT2D eigenvalue weighted by molar-refractivity contribution is -0.147. The number of nitrogens with one attached hydrogen (secondary N) is 1. The lowest BCUT2D eigenvalue weighted by atomic mass is 10.1. The molecule has 0 aliphatic carbocycles. The van der Waals surface area contributed by atoms with E-state index in [-0.39, 0.29) is 37.0 Å². The molecule has 1 aliphatic rings. The van der Waals surface area contributed by atoms with Gasteiger partial charge in [0.1, 0.15) is 11.9 Å². The van der Waals surface area contributed by atoms with Gasteiger partial charge in [0.2, 0.25) is 11.8 Å². The van der Waals surface area contributed by atoms with Gasteiger partial charge < -0.3 is 0 Å². The van der Waals surface area contributed by atoms with Gasteiger partial charge in [0.25, 0.3) is 0 Å². The van der Waals surface area contributed by atoms with Gasteiger partial charge in [-0.05, 0) is 17.7 Å². The van der Waals surface area contributed by atoms with E-state index < -0.39 is 5.82 Å². The molecule has 5 nitrogen and oxygen atoms in total. The number of rotatable bonds is 2. The van der Waals surface area contributed by atoms with Gasteiger partial charge >= 0.3 is 0 Å². The summed E-state index contributed by atoms with van der Waals surface area (Å²) in [6, 6.07) is 5.68. The third-order valence-corrected chi connectivity index (χ3v) is 2.65. The van der Waals surface area contributed by atoms with Crippen LogP contribution < -0.4 is 5.32 Å². The predicted molar refractivity (Wildman–Crippen MR) is 59.5 cm³/mol. The first-order chi connectivity index (χ1) is 8.61. The number of piperazine rings is 1. The zero-order valence-corrected chi connectivity index (χ0v) is 9.44. The second-order valence-corrected chi connectivity index (χ2v) is 3.90. The van der Waals surface area contributed by atoms with Crippen LogP contribution in [0.3, 0.4) is 0 Å². The summed E-state index contributed by atoms with van der Waals surface area (Å²) in [6.45, 7) is 0.282. The fraction of sp³-hybridized carbons (Fsp3) is 0.250. The van der Waals surface area contributed by atoms with Gasteiger partial charge in [0.15, 0.2) is 0 Å². The van der Waals surface area contributed by atoms with Crippen molar-refractivity contribution in [3.8, 4) is 6.07 Å². The molecular weight excluding hydrogens is 237 g/mol. The Bertz CT molecular complexity index is 535. The molecule has 92 valence electrons. The van der Waals surface area contributed by atoms with Crippen LogP contribution in [-0.4, -0.2) is 29.8 Å². The molecule has 0 radical (unpaired) electrons. The Labute approximate surface area is 103 Å². The van der Waals surface area contributed by atoms with Crippen molar-refractivity contribution in [2.45, 2.75) is 6.54 Å². The topological polar surface area (TPSA) is 73.2 Å². The fourth-order valence-electron chi connectivity index (χ4n) is 1.72.